The number of hydrogen-bond acceptors (Lipinski definition) is 5. The van der Waals surface area contributed by atoms with Crippen LogP contribution in [0.1, 0.15) is 24.0 Å². The Morgan fingerprint density at radius 1 is 1.05 bits per heavy atom. The van der Waals surface area contributed by atoms with Gasteiger partial charge in [0.05, 0.1) is 0 Å². The first kappa shape index (κ1) is 12.2. The number of fused-ring (bicyclic) bond motifs is 1. The van der Waals surface area contributed by atoms with Crippen molar-refractivity contribution < 1.29 is 4.74 Å². The molecule has 5 nitrogen and oxygen atoms in total. The summed E-state index contributed by atoms with van der Waals surface area (Å²) in [5.41, 5.74) is 8.22. The zero-order valence-corrected chi connectivity index (χ0v) is 11.0. The van der Waals surface area contributed by atoms with Gasteiger partial charge < -0.3 is 10.5 Å². The molecule has 0 amide bonds. The highest BCUT2D eigenvalue weighted by atomic mass is 35.5. The molecule has 0 radical (unpaired) electrons. The molecule has 1 aromatic carbocycles. The van der Waals surface area contributed by atoms with Crippen LogP contribution in [0.5, 0.6) is 11.8 Å². The minimum absolute atomic E-state index is 0.0282. The summed E-state index contributed by atoms with van der Waals surface area (Å²) in [7, 11) is 0. The molecule has 1 aliphatic rings. The Labute approximate surface area is 115 Å². The van der Waals surface area contributed by atoms with Gasteiger partial charge in [-0.25, -0.2) is 0 Å². The number of anilines is 1. The first-order valence-corrected chi connectivity index (χ1v) is 6.55. The molecule has 0 aliphatic heterocycles. The molecule has 0 unspecified atom stereocenters. The molecule has 0 bridgehead atoms. The minimum atomic E-state index is 0.0282. The molecule has 2 N–H and O–H groups in total. The van der Waals surface area contributed by atoms with E-state index < -0.39 is 0 Å². The van der Waals surface area contributed by atoms with Crippen LogP contribution < -0.4 is 10.5 Å². The summed E-state index contributed by atoms with van der Waals surface area (Å²) in [5.74, 6) is 0.746. The van der Waals surface area contributed by atoms with E-state index in [0.29, 0.717) is 5.75 Å². The maximum atomic E-state index is 5.71. The summed E-state index contributed by atoms with van der Waals surface area (Å²) in [6.45, 7) is 0. The first-order valence-electron chi connectivity index (χ1n) is 6.17. The van der Waals surface area contributed by atoms with Crippen LogP contribution in [0.2, 0.25) is 5.28 Å². The topological polar surface area (TPSA) is 73.9 Å². The van der Waals surface area contributed by atoms with Crippen molar-refractivity contribution in [2.45, 2.75) is 25.7 Å². The number of nitrogens with zero attached hydrogens (tertiary/aromatic N) is 3. The molecule has 0 saturated carbocycles. The molecule has 1 aliphatic carbocycles. The highest BCUT2D eigenvalue weighted by Crippen LogP contribution is 2.27. The summed E-state index contributed by atoms with van der Waals surface area (Å²) >= 11 is 5.71. The molecule has 2 aromatic rings. The number of rotatable bonds is 2. The van der Waals surface area contributed by atoms with E-state index in [1.807, 2.05) is 12.1 Å². The van der Waals surface area contributed by atoms with Gasteiger partial charge in [0.1, 0.15) is 5.75 Å². The number of aromatic nitrogens is 3. The lowest BCUT2D eigenvalue weighted by Crippen LogP contribution is -2.03. The van der Waals surface area contributed by atoms with Crippen molar-refractivity contribution in [3.8, 4) is 11.8 Å². The van der Waals surface area contributed by atoms with E-state index in [1.54, 1.807) is 0 Å². The Morgan fingerprint density at radius 3 is 2.63 bits per heavy atom. The molecule has 0 fully saturated rings. The average Bonchev–Trinajstić information content (AvgIpc) is 2.37. The fraction of sp³-hybridized carbons (Fsp3) is 0.308. The second-order valence-corrected chi connectivity index (χ2v) is 4.82. The normalized spacial score (nSPS) is 13.9. The Bertz CT molecular complexity index is 597. The third kappa shape index (κ3) is 2.76. The van der Waals surface area contributed by atoms with Gasteiger partial charge in [-0.2, -0.15) is 15.0 Å². The van der Waals surface area contributed by atoms with Crippen LogP contribution in [0.4, 0.5) is 5.95 Å². The van der Waals surface area contributed by atoms with Gasteiger partial charge >= 0.3 is 6.01 Å². The second-order valence-electron chi connectivity index (χ2n) is 4.48. The molecule has 0 spiro atoms. The van der Waals surface area contributed by atoms with Crippen LogP contribution in [-0.4, -0.2) is 15.0 Å². The van der Waals surface area contributed by atoms with Crippen molar-refractivity contribution in [3.05, 3.63) is 34.6 Å². The SMILES string of the molecule is Nc1nc(Cl)nc(Oc2ccc3c(c2)CCCC3)n1. The average molecular weight is 277 g/mol. The predicted octanol–water partition coefficient (Wildman–Crippen LogP) is 2.78. The fourth-order valence-electron chi connectivity index (χ4n) is 2.27. The zero-order chi connectivity index (χ0) is 13.2. The van der Waals surface area contributed by atoms with E-state index in [1.165, 1.54) is 24.0 Å². The summed E-state index contributed by atoms with van der Waals surface area (Å²) < 4.78 is 5.58. The van der Waals surface area contributed by atoms with Crippen molar-refractivity contribution in [1.82, 2.24) is 15.0 Å². The van der Waals surface area contributed by atoms with Crippen molar-refractivity contribution in [2.75, 3.05) is 5.73 Å². The summed E-state index contributed by atoms with van der Waals surface area (Å²) in [6, 6.07) is 6.16. The molecule has 19 heavy (non-hydrogen) atoms. The van der Waals surface area contributed by atoms with E-state index in [9.17, 15) is 0 Å². The van der Waals surface area contributed by atoms with Crippen LogP contribution >= 0.6 is 11.6 Å². The maximum Gasteiger partial charge on any atom is 0.328 e. The van der Waals surface area contributed by atoms with Gasteiger partial charge in [0.2, 0.25) is 11.2 Å². The number of halogens is 1. The van der Waals surface area contributed by atoms with Gasteiger partial charge in [-0.15, -0.1) is 0 Å². The fourth-order valence-corrected chi connectivity index (χ4v) is 2.43. The monoisotopic (exact) mass is 276 g/mol. The van der Waals surface area contributed by atoms with E-state index in [-0.39, 0.29) is 17.2 Å². The quantitative estimate of drug-likeness (QED) is 0.913. The van der Waals surface area contributed by atoms with Crippen LogP contribution in [-0.2, 0) is 12.8 Å². The number of ether oxygens (including phenoxy) is 1. The Kier molecular flexibility index (Phi) is 3.21. The van der Waals surface area contributed by atoms with Gasteiger partial charge in [0, 0.05) is 0 Å². The standard InChI is InChI=1S/C13H13ClN4O/c14-11-16-12(15)18-13(17-11)19-10-6-5-8-3-1-2-4-9(8)7-10/h5-7H,1-4H2,(H2,15,16,17,18). The smallest absolute Gasteiger partial charge is 0.328 e. The van der Waals surface area contributed by atoms with E-state index in [4.69, 9.17) is 22.1 Å². The second kappa shape index (κ2) is 5.01. The van der Waals surface area contributed by atoms with Crippen LogP contribution in [0.15, 0.2) is 18.2 Å². The molecular formula is C13H13ClN4O. The van der Waals surface area contributed by atoms with Gasteiger partial charge in [0.15, 0.2) is 0 Å². The molecule has 0 atom stereocenters. The molecule has 6 heteroatoms. The number of nitrogens with two attached hydrogens (primary N) is 1. The Morgan fingerprint density at radius 2 is 1.84 bits per heavy atom. The van der Waals surface area contributed by atoms with E-state index >= 15 is 0 Å². The number of hydrogen-bond donors (Lipinski definition) is 1. The Hall–Kier alpha value is -1.88. The van der Waals surface area contributed by atoms with Crippen molar-refractivity contribution in [2.24, 2.45) is 0 Å². The molecule has 0 saturated heterocycles. The van der Waals surface area contributed by atoms with Crippen LogP contribution in [0, 0.1) is 0 Å². The van der Waals surface area contributed by atoms with Crippen molar-refractivity contribution >= 4 is 17.5 Å². The lowest BCUT2D eigenvalue weighted by atomic mass is 9.92. The summed E-state index contributed by atoms with van der Waals surface area (Å²) in [6.07, 6.45) is 4.71. The van der Waals surface area contributed by atoms with Crippen LogP contribution in [0.3, 0.4) is 0 Å². The van der Waals surface area contributed by atoms with Crippen molar-refractivity contribution in [1.29, 1.82) is 0 Å². The molecule has 1 heterocycles. The third-order valence-electron chi connectivity index (χ3n) is 3.13. The van der Waals surface area contributed by atoms with Crippen LogP contribution in [0.25, 0.3) is 0 Å². The Balaban J connectivity index is 1.86. The maximum absolute atomic E-state index is 5.71. The summed E-state index contributed by atoms with van der Waals surface area (Å²) in [5, 5.41) is 0.0282. The highest BCUT2D eigenvalue weighted by molar-refractivity contribution is 6.28. The molecule has 98 valence electrons. The lowest BCUT2D eigenvalue weighted by Gasteiger charge is -2.16. The van der Waals surface area contributed by atoms with Gasteiger partial charge in [-0.3, -0.25) is 0 Å². The molecule has 1 aromatic heterocycles. The molecular weight excluding hydrogens is 264 g/mol. The lowest BCUT2D eigenvalue weighted by molar-refractivity contribution is 0.439. The van der Waals surface area contributed by atoms with E-state index in [2.05, 4.69) is 21.0 Å². The number of aryl methyl sites for hydroxylation is 2. The number of benzene rings is 1. The zero-order valence-electron chi connectivity index (χ0n) is 10.3. The molecule has 3 rings (SSSR count). The minimum Gasteiger partial charge on any atom is -0.424 e. The predicted molar refractivity (Wildman–Crippen MR) is 72.4 cm³/mol. The van der Waals surface area contributed by atoms with Gasteiger partial charge in [0.25, 0.3) is 0 Å². The highest BCUT2D eigenvalue weighted by Gasteiger charge is 2.11. The first-order chi connectivity index (χ1) is 9.20. The third-order valence-corrected chi connectivity index (χ3v) is 3.30. The summed E-state index contributed by atoms with van der Waals surface area (Å²) in [4.78, 5) is 11.5. The largest absolute Gasteiger partial charge is 0.424 e. The van der Waals surface area contributed by atoms with Gasteiger partial charge in [-0.05, 0) is 60.5 Å². The van der Waals surface area contributed by atoms with Gasteiger partial charge in [-0.1, -0.05) is 6.07 Å². The van der Waals surface area contributed by atoms with Crippen molar-refractivity contribution in [3.63, 3.8) is 0 Å². The van der Waals surface area contributed by atoms with E-state index in [0.717, 1.165) is 12.8 Å². The number of nitrogen functional groups attached to an aromatic ring is 1.